The Morgan fingerprint density at radius 1 is 1.12 bits per heavy atom. The van der Waals surface area contributed by atoms with E-state index in [4.69, 9.17) is 27.9 Å². The van der Waals surface area contributed by atoms with Gasteiger partial charge in [-0.15, -0.1) is 0 Å². The minimum Gasteiger partial charge on any atom is -0.507 e. The Kier molecular flexibility index (Phi) is 5.82. The van der Waals surface area contributed by atoms with Crippen LogP contribution in [0, 0.1) is 0 Å². The molecular formula is C26H24Cl2N2O4. The Morgan fingerprint density at radius 3 is 2.53 bits per heavy atom. The normalized spacial score (nSPS) is 20.6. The lowest BCUT2D eigenvalue weighted by molar-refractivity contribution is -0.141. The Hall–Kier alpha value is -2.96. The Morgan fingerprint density at radius 2 is 1.82 bits per heavy atom. The molecule has 1 unspecified atom stereocenters. The minimum absolute atomic E-state index is 0.0184. The highest BCUT2D eigenvalue weighted by Gasteiger charge is 2.50. The number of aryl methyl sites for hydroxylation is 1. The number of carbonyl (C=O) groups excluding carboxylic acids is 2. The average molecular weight is 499 g/mol. The highest BCUT2D eigenvalue weighted by Crippen LogP contribution is 2.47. The number of fused-ring (bicyclic) bond motifs is 1. The van der Waals surface area contributed by atoms with Crippen molar-refractivity contribution in [1.82, 2.24) is 9.47 Å². The zero-order valence-electron chi connectivity index (χ0n) is 18.8. The molecule has 1 amide bonds. The van der Waals surface area contributed by atoms with Gasteiger partial charge in [0.05, 0.1) is 29.3 Å². The molecule has 2 fully saturated rings. The Balaban J connectivity index is 1.80. The first-order valence-corrected chi connectivity index (χ1v) is 12.0. The van der Waals surface area contributed by atoms with Gasteiger partial charge in [-0.1, -0.05) is 54.2 Å². The first-order chi connectivity index (χ1) is 16.3. The van der Waals surface area contributed by atoms with Crippen molar-refractivity contribution in [2.75, 3.05) is 7.11 Å². The molecule has 2 aliphatic rings. The van der Waals surface area contributed by atoms with Crippen LogP contribution in [-0.2, 0) is 16.6 Å². The molecular weight excluding hydrogens is 475 g/mol. The number of aromatic nitrogens is 1. The fourth-order valence-electron chi connectivity index (χ4n) is 5.39. The number of hydrogen-bond acceptors (Lipinski definition) is 4. The van der Waals surface area contributed by atoms with Gasteiger partial charge in [0.1, 0.15) is 11.5 Å². The summed E-state index contributed by atoms with van der Waals surface area (Å²) >= 11 is 12.5. The number of carbonyl (C=O) groups is 2. The van der Waals surface area contributed by atoms with Gasteiger partial charge in [0.25, 0.3) is 11.7 Å². The lowest BCUT2D eigenvalue weighted by Crippen LogP contribution is -2.37. The Labute approximate surface area is 207 Å². The minimum atomic E-state index is -0.739. The van der Waals surface area contributed by atoms with E-state index in [9.17, 15) is 14.7 Å². The number of benzene rings is 2. The van der Waals surface area contributed by atoms with Crippen molar-refractivity contribution in [2.24, 2.45) is 7.05 Å². The maximum absolute atomic E-state index is 13.5. The second-order valence-corrected chi connectivity index (χ2v) is 9.67. The van der Waals surface area contributed by atoms with Crippen LogP contribution < -0.4 is 4.74 Å². The molecule has 1 atom stereocenters. The van der Waals surface area contributed by atoms with E-state index in [1.165, 1.54) is 19.2 Å². The van der Waals surface area contributed by atoms with E-state index < -0.39 is 17.7 Å². The number of ketones is 1. The first kappa shape index (κ1) is 22.8. The van der Waals surface area contributed by atoms with Crippen LogP contribution in [-0.4, -0.2) is 39.4 Å². The smallest absolute Gasteiger partial charge is 0.295 e. The van der Waals surface area contributed by atoms with Crippen LogP contribution in [0.1, 0.15) is 42.9 Å². The van der Waals surface area contributed by atoms with Gasteiger partial charge in [0.2, 0.25) is 0 Å². The van der Waals surface area contributed by atoms with E-state index in [2.05, 4.69) is 0 Å². The van der Waals surface area contributed by atoms with Crippen molar-refractivity contribution in [3.63, 3.8) is 0 Å². The molecule has 0 spiro atoms. The second-order valence-electron chi connectivity index (χ2n) is 8.83. The monoisotopic (exact) mass is 498 g/mol. The summed E-state index contributed by atoms with van der Waals surface area (Å²) in [6.45, 7) is 0. The van der Waals surface area contributed by atoms with Crippen molar-refractivity contribution in [3.8, 4) is 5.75 Å². The van der Waals surface area contributed by atoms with Crippen LogP contribution in [0.4, 0.5) is 0 Å². The highest BCUT2D eigenvalue weighted by molar-refractivity contribution is 6.47. The number of hydrogen-bond donors (Lipinski definition) is 1. The molecule has 34 heavy (non-hydrogen) atoms. The van der Waals surface area contributed by atoms with Gasteiger partial charge in [-0.3, -0.25) is 9.59 Å². The number of Topliss-reactive ketones (excluding diaryl/α,β-unsaturated/α-hetero) is 1. The molecule has 6 nitrogen and oxygen atoms in total. The van der Waals surface area contributed by atoms with Gasteiger partial charge in [0, 0.05) is 40.8 Å². The summed E-state index contributed by atoms with van der Waals surface area (Å²) in [7, 11) is 3.35. The lowest BCUT2D eigenvalue weighted by atomic mass is 9.94. The molecule has 176 valence electrons. The van der Waals surface area contributed by atoms with Crippen LogP contribution >= 0.6 is 23.2 Å². The molecule has 1 N–H and O–H groups in total. The third kappa shape index (κ3) is 3.48. The zero-order chi connectivity index (χ0) is 24.1. The third-order valence-electron chi connectivity index (χ3n) is 6.89. The number of aliphatic hydroxyl groups is 1. The molecule has 5 rings (SSSR count). The number of amides is 1. The van der Waals surface area contributed by atoms with Crippen molar-refractivity contribution in [3.05, 3.63) is 69.3 Å². The second kappa shape index (κ2) is 8.67. The van der Waals surface area contributed by atoms with Gasteiger partial charge in [-0.2, -0.15) is 0 Å². The van der Waals surface area contributed by atoms with Crippen LogP contribution in [0.2, 0.25) is 10.0 Å². The average Bonchev–Trinajstić information content (AvgIpc) is 3.51. The highest BCUT2D eigenvalue weighted by atomic mass is 35.5. The van der Waals surface area contributed by atoms with Gasteiger partial charge in [0.15, 0.2) is 0 Å². The molecule has 1 aliphatic heterocycles. The van der Waals surface area contributed by atoms with Crippen molar-refractivity contribution >= 4 is 51.6 Å². The summed E-state index contributed by atoms with van der Waals surface area (Å²) in [6.07, 6.45) is 5.56. The standard InChI is InChI=1S/C26H24Cl2N2O4/c1-29-13-18(16-9-5-6-10-20(16)29)22-21(24(32)26(33)30(22)15-7-3-4-8-15)23(31)17-11-14(27)12-19(28)25(17)34-2/h5-6,9-13,15,22,31H,3-4,7-8H2,1-2H3/b23-21+. The Bertz CT molecular complexity index is 1350. The number of ether oxygens (including phenoxy) is 1. The third-order valence-corrected chi connectivity index (χ3v) is 7.39. The van der Waals surface area contributed by atoms with Gasteiger partial charge in [-0.25, -0.2) is 0 Å². The van der Waals surface area contributed by atoms with Crippen molar-refractivity contribution in [2.45, 2.75) is 37.8 Å². The largest absolute Gasteiger partial charge is 0.507 e. The molecule has 2 heterocycles. The van der Waals surface area contributed by atoms with Crippen molar-refractivity contribution in [1.29, 1.82) is 0 Å². The quantitative estimate of drug-likeness (QED) is 0.277. The maximum Gasteiger partial charge on any atom is 0.295 e. The topological polar surface area (TPSA) is 71.8 Å². The van der Waals surface area contributed by atoms with E-state index in [1.54, 1.807) is 4.90 Å². The van der Waals surface area contributed by atoms with Crippen LogP contribution in [0.5, 0.6) is 5.75 Å². The fourth-order valence-corrected chi connectivity index (χ4v) is 5.96. The molecule has 1 saturated heterocycles. The van der Waals surface area contributed by atoms with E-state index in [1.807, 2.05) is 42.1 Å². The van der Waals surface area contributed by atoms with E-state index >= 15 is 0 Å². The molecule has 0 bridgehead atoms. The summed E-state index contributed by atoms with van der Waals surface area (Å²) in [5.41, 5.74) is 1.95. The molecule has 0 radical (unpaired) electrons. The molecule has 1 saturated carbocycles. The van der Waals surface area contributed by atoms with Crippen molar-refractivity contribution < 1.29 is 19.4 Å². The van der Waals surface area contributed by atoms with Crippen LogP contribution in [0.25, 0.3) is 16.7 Å². The van der Waals surface area contributed by atoms with Gasteiger partial charge in [-0.05, 0) is 31.0 Å². The van der Waals surface area contributed by atoms with Crippen LogP contribution in [0.15, 0.2) is 48.2 Å². The first-order valence-electron chi connectivity index (χ1n) is 11.2. The molecule has 2 aromatic carbocycles. The summed E-state index contributed by atoms with van der Waals surface area (Å²) in [4.78, 5) is 28.5. The molecule has 3 aromatic rings. The fraction of sp³-hybridized carbons (Fsp3) is 0.308. The summed E-state index contributed by atoms with van der Waals surface area (Å²) in [5, 5.41) is 12.9. The predicted octanol–water partition coefficient (Wildman–Crippen LogP) is 5.86. The predicted molar refractivity (Wildman–Crippen MR) is 132 cm³/mol. The summed E-state index contributed by atoms with van der Waals surface area (Å²) in [5.74, 6) is -1.48. The number of nitrogens with zero attached hydrogens (tertiary/aromatic N) is 2. The van der Waals surface area contributed by atoms with E-state index in [0.717, 1.165) is 42.1 Å². The van der Waals surface area contributed by atoms with Gasteiger partial charge >= 0.3 is 0 Å². The van der Waals surface area contributed by atoms with Crippen LogP contribution in [0.3, 0.4) is 0 Å². The number of para-hydroxylation sites is 1. The molecule has 1 aliphatic carbocycles. The van der Waals surface area contributed by atoms with Gasteiger partial charge < -0.3 is 19.3 Å². The lowest BCUT2D eigenvalue weighted by Gasteiger charge is -2.30. The number of methoxy groups -OCH3 is 1. The number of aliphatic hydroxyl groups excluding tert-OH is 1. The number of halogens is 2. The summed E-state index contributed by atoms with van der Waals surface area (Å²) < 4.78 is 7.39. The molecule has 8 heteroatoms. The number of rotatable bonds is 4. The SMILES string of the molecule is COc1c(Cl)cc(Cl)cc1/C(O)=C1\C(=O)C(=O)N(C2CCCC2)C1c1cn(C)c2ccccc12. The zero-order valence-corrected chi connectivity index (χ0v) is 20.4. The maximum atomic E-state index is 13.5. The van der Waals surface area contributed by atoms with E-state index in [0.29, 0.717) is 0 Å². The number of likely N-dealkylation sites (tertiary alicyclic amines) is 1. The van der Waals surface area contributed by atoms with E-state index in [-0.39, 0.29) is 38.7 Å². The molecule has 1 aromatic heterocycles. The summed E-state index contributed by atoms with van der Waals surface area (Å²) in [6, 6.07) is 10.00.